The van der Waals surface area contributed by atoms with E-state index >= 15 is 0 Å². The fraction of sp³-hybridized carbons (Fsp3) is 0.600. The van der Waals surface area contributed by atoms with Crippen molar-refractivity contribution in [1.82, 2.24) is 29.7 Å². The van der Waals surface area contributed by atoms with Gasteiger partial charge in [-0.05, 0) is 19.8 Å². The van der Waals surface area contributed by atoms with Gasteiger partial charge in [0.05, 0.1) is 31.5 Å². The number of amides is 3. The molecule has 2 aromatic heterocycles. The lowest BCUT2D eigenvalue weighted by molar-refractivity contribution is 0.00317. The van der Waals surface area contributed by atoms with Crippen LogP contribution in [0.1, 0.15) is 23.5 Å². The molecule has 1 unspecified atom stereocenters. The number of hydrogen-bond donors (Lipinski definition) is 1. The summed E-state index contributed by atoms with van der Waals surface area (Å²) in [6.45, 7) is 3.89. The SMILES string of the molecule is Cc1nn2cc(CNC(=O)N3CCCC4(CN(C)C(=O)O4)C3)nc2s1. The number of carbonyl (C=O) groups is 2. The molecular weight excluding hydrogens is 344 g/mol. The number of imidazole rings is 1. The molecule has 2 aromatic rings. The van der Waals surface area contributed by atoms with Crippen molar-refractivity contribution in [3.8, 4) is 0 Å². The molecule has 4 rings (SSSR count). The maximum atomic E-state index is 12.5. The van der Waals surface area contributed by atoms with Crippen molar-refractivity contribution in [3.05, 3.63) is 16.9 Å². The van der Waals surface area contributed by atoms with Crippen LogP contribution in [0.15, 0.2) is 6.20 Å². The third kappa shape index (κ3) is 3.01. The van der Waals surface area contributed by atoms with Gasteiger partial charge in [-0.25, -0.2) is 19.1 Å². The summed E-state index contributed by atoms with van der Waals surface area (Å²) < 4.78 is 7.26. The lowest BCUT2D eigenvalue weighted by Crippen LogP contribution is -2.54. The van der Waals surface area contributed by atoms with Crippen LogP contribution in [0, 0.1) is 6.92 Å². The molecule has 0 aromatic carbocycles. The molecule has 10 heteroatoms. The van der Waals surface area contributed by atoms with Gasteiger partial charge in [0, 0.05) is 13.6 Å². The number of nitrogens with one attached hydrogen (secondary N) is 1. The minimum absolute atomic E-state index is 0.162. The predicted molar refractivity (Wildman–Crippen MR) is 90.5 cm³/mol. The molecule has 0 radical (unpaired) electrons. The van der Waals surface area contributed by atoms with Crippen molar-refractivity contribution in [2.75, 3.05) is 26.7 Å². The Kier molecular flexibility index (Phi) is 3.78. The third-order valence-corrected chi connectivity index (χ3v) is 5.42. The summed E-state index contributed by atoms with van der Waals surface area (Å²) in [6, 6.07) is -0.162. The first-order valence-corrected chi connectivity index (χ1v) is 9.04. The van der Waals surface area contributed by atoms with Gasteiger partial charge in [-0.3, -0.25) is 0 Å². The largest absolute Gasteiger partial charge is 0.439 e. The van der Waals surface area contributed by atoms with Crippen LogP contribution in [0.25, 0.3) is 4.96 Å². The van der Waals surface area contributed by atoms with E-state index in [-0.39, 0.29) is 12.1 Å². The molecule has 1 spiro atoms. The summed E-state index contributed by atoms with van der Waals surface area (Å²) in [4.78, 5) is 32.7. The third-order valence-electron chi connectivity index (χ3n) is 4.58. The van der Waals surface area contributed by atoms with Crippen molar-refractivity contribution in [3.63, 3.8) is 0 Å². The summed E-state index contributed by atoms with van der Waals surface area (Å²) >= 11 is 1.51. The lowest BCUT2D eigenvalue weighted by atomic mass is 9.93. The first-order valence-electron chi connectivity index (χ1n) is 8.23. The maximum absolute atomic E-state index is 12.5. The Bertz CT molecular complexity index is 801. The van der Waals surface area contributed by atoms with Crippen molar-refractivity contribution in [1.29, 1.82) is 0 Å². The number of likely N-dealkylation sites (tertiary alicyclic amines) is 1. The van der Waals surface area contributed by atoms with Gasteiger partial charge in [0.1, 0.15) is 10.6 Å². The number of rotatable bonds is 2. The molecule has 1 atom stereocenters. The highest BCUT2D eigenvalue weighted by Crippen LogP contribution is 2.31. The Morgan fingerprint density at radius 1 is 1.48 bits per heavy atom. The van der Waals surface area contributed by atoms with Crippen LogP contribution < -0.4 is 5.32 Å². The maximum Gasteiger partial charge on any atom is 0.410 e. The Morgan fingerprint density at radius 2 is 2.32 bits per heavy atom. The average Bonchev–Trinajstić information content (AvgIpc) is 3.16. The van der Waals surface area contributed by atoms with Crippen LogP contribution in [0.5, 0.6) is 0 Å². The number of aromatic nitrogens is 3. The van der Waals surface area contributed by atoms with Gasteiger partial charge >= 0.3 is 12.1 Å². The number of nitrogens with zero attached hydrogens (tertiary/aromatic N) is 5. The molecule has 1 N–H and O–H groups in total. The van der Waals surface area contributed by atoms with Crippen molar-refractivity contribution in [2.45, 2.75) is 31.9 Å². The molecular formula is C15H20N6O3S. The van der Waals surface area contributed by atoms with Crippen LogP contribution in [-0.2, 0) is 11.3 Å². The molecule has 0 aliphatic carbocycles. The highest BCUT2D eigenvalue weighted by molar-refractivity contribution is 7.16. The zero-order chi connectivity index (χ0) is 17.6. The number of fused-ring (bicyclic) bond motifs is 1. The molecule has 134 valence electrons. The van der Waals surface area contributed by atoms with E-state index in [0.29, 0.717) is 26.2 Å². The second-order valence-electron chi connectivity index (χ2n) is 6.67. The Labute approximate surface area is 148 Å². The fourth-order valence-electron chi connectivity index (χ4n) is 3.48. The Hall–Kier alpha value is -2.36. The number of piperidine rings is 1. The summed E-state index contributed by atoms with van der Waals surface area (Å²) in [7, 11) is 1.72. The van der Waals surface area contributed by atoms with E-state index in [1.807, 2.05) is 13.1 Å². The monoisotopic (exact) mass is 364 g/mol. The first kappa shape index (κ1) is 16.1. The van der Waals surface area contributed by atoms with Crippen LogP contribution in [0.2, 0.25) is 0 Å². The van der Waals surface area contributed by atoms with Gasteiger partial charge < -0.3 is 19.9 Å². The molecule has 25 heavy (non-hydrogen) atoms. The van der Waals surface area contributed by atoms with Crippen LogP contribution in [-0.4, -0.2) is 68.8 Å². The van der Waals surface area contributed by atoms with Crippen molar-refractivity contribution < 1.29 is 14.3 Å². The van der Waals surface area contributed by atoms with Crippen LogP contribution >= 0.6 is 11.3 Å². The number of ether oxygens (including phenoxy) is 1. The van der Waals surface area contributed by atoms with Gasteiger partial charge in [0.15, 0.2) is 0 Å². The summed E-state index contributed by atoms with van der Waals surface area (Å²) in [5, 5.41) is 8.16. The normalized spacial score (nSPS) is 23.5. The smallest absolute Gasteiger partial charge is 0.410 e. The molecule has 0 saturated carbocycles. The number of urea groups is 1. The molecule has 2 saturated heterocycles. The van der Waals surface area contributed by atoms with Crippen LogP contribution in [0.3, 0.4) is 0 Å². The van der Waals surface area contributed by atoms with Gasteiger partial charge in [0.2, 0.25) is 4.96 Å². The fourth-order valence-corrected chi connectivity index (χ4v) is 4.23. The lowest BCUT2D eigenvalue weighted by Gasteiger charge is -2.38. The number of aryl methyl sites for hydroxylation is 1. The van der Waals surface area contributed by atoms with Crippen LogP contribution in [0.4, 0.5) is 9.59 Å². The average molecular weight is 364 g/mol. The molecule has 2 fully saturated rings. The number of likely N-dealkylation sites (N-methyl/N-ethyl adjacent to an activating group) is 1. The van der Waals surface area contributed by atoms with E-state index in [1.54, 1.807) is 21.4 Å². The van der Waals surface area contributed by atoms with E-state index in [4.69, 9.17) is 4.74 Å². The zero-order valence-electron chi connectivity index (χ0n) is 14.2. The van der Waals surface area contributed by atoms with Crippen molar-refractivity contribution >= 4 is 28.4 Å². The topological polar surface area (TPSA) is 92.1 Å². The summed E-state index contributed by atoms with van der Waals surface area (Å²) in [6.07, 6.45) is 3.11. The standard InChI is InChI=1S/C15H20N6O3S/c1-10-18-21-7-11(17-13(21)25-10)6-16-12(22)20-5-3-4-15(9-20)8-19(2)14(23)24-15/h7H,3-6,8-9H2,1-2H3,(H,16,22). The van der Waals surface area contributed by atoms with Gasteiger partial charge in [-0.1, -0.05) is 11.3 Å². The van der Waals surface area contributed by atoms with Gasteiger partial charge in [-0.15, -0.1) is 0 Å². The van der Waals surface area contributed by atoms with E-state index in [2.05, 4.69) is 15.4 Å². The molecule has 2 aliphatic heterocycles. The first-order chi connectivity index (χ1) is 11.9. The van der Waals surface area contributed by atoms with E-state index in [0.717, 1.165) is 28.5 Å². The minimum atomic E-state index is -0.570. The second-order valence-corrected chi connectivity index (χ2v) is 7.83. The second kappa shape index (κ2) is 5.87. The number of hydrogen-bond acceptors (Lipinski definition) is 6. The molecule has 0 bridgehead atoms. The van der Waals surface area contributed by atoms with Crippen molar-refractivity contribution in [2.24, 2.45) is 0 Å². The summed E-state index contributed by atoms with van der Waals surface area (Å²) in [5.41, 5.74) is 0.200. The van der Waals surface area contributed by atoms with E-state index < -0.39 is 5.60 Å². The Morgan fingerprint density at radius 3 is 3.04 bits per heavy atom. The summed E-state index contributed by atoms with van der Waals surface area (Å²) in [5.74, 6) is 0. The highest BCUT2D eigenvalue weighted by atomic mass is 32.1. The number of carbonyl (C=O) groups excluding carboxylic acids is 2. The molecule has 3 amide bonds. The minimum Gasteiger partial charge on any atom is -0.439 e. The molecule has 9 nitrogen and oxygen atoms in total. The van der Waals surface area contributed by atoms with Gasteiger partial charge in [-0.2, -0.15) is 5.10 Å². The highest BCUT2D eigenvalue weighted by Gasteiger charge is 2.47. The molecule has 4 heterocycles. The Balaban J connectivity index is 1.37. The van der Waals surface area contributed by atoms with E-state index in [9.17, 15) is 9.59 Å². The molecule has 2 aliphatic rings. The zero-order valence-corrected chi connectivity index (χ0v) is 15.0. The van der Waals surface area contributed by atoms with Gasteiger partial charge in [0.25, 0.3) is 0 Å². The quantitative estimate of drug-likeness (QED) is 0.865. The van der Waals surface area contributed by atoms with E-state index in [1.165, 1.54) is 11.3 Å². The predicted octanol–water partition coefficient (Wildman–Crippen LogP) is 1.23.